The number of aliphatic carboxylic acids is 1. The molecule has 0 radical (unpaired) electrons. The maximum atomic E-state index is 12.7. The van der Waals surface area contributed by atoms with Gasteiger partial charge < -0.3 is 29.4 Å². The van der Waals surface area contributed by atoms with Gasteiger partial charge in [-0.25, -0.2) is 0 Å². The maximum absolute atomic E-state index is 12.7. The number of nitrogens with one attached hydrogen (secondary N) is 2. The highest BCUT2D eigenvalue weighted by atomic mass is 16.4. The Labute approximate surface area is 165 Å². The normalized spacial score (nSPS) is 12.2. The second-order valence-corrected chi connectivity index (χ2v) is 6.04. The van der Waals surface area contributed by atoms with E-state index < -0.39 is 23.8 Å². The van der Waals surface area contributed by atoms with Crippen molar-refractivity contribution in [3.05, 3.63) is 89.9 Å². The molecule has 29 heavy (non-hydrogen) atoms. The molecule has 0 bridgehead atoms. The summed E-state index contributed by atoms with van der Waals surface area (Å²) in [7, 11) is 0. The zero-order valence-electron chi connectivity index (χ0n) is 15.2. The zero-order valence-corrected chi connectivity index (χ0v) is 15.2. The van der Waals surface area contributed by atoms with E-state index in [9.17, 15) is 19.5 Å². The molecule has 2 amide bonds. The molecule has 0 unspecified atom stereocenters. The third kappa shape index (κ3) is 5.46. The molecule has 0 aliphatic carbocycles. The molecular formula is C21H17N2O6-. The predicted octanol–water partition coefficient (Wildman–Crippen LogP) is 1.12. The van der Waals surface area contributed by atoms with Gasteiger partial charge in [-0.3, -0.25) is 9.59 Å². The fourth-order valence-electron chi connectivity index (χ4n) is 2.54. The molecule has 0 saturated carbocycles. The van der Waals surface area contributed by atoms with Crippen LogP contribution in [0.5, 0.6) is 0 Å². The van der Waals surface area contributed by atoms with Crippen molar-refractivity contribution in [2.45, 2.75) is 12.5 Å². The molecule has 2 N–H and O–H groups in total. The van der Waals surface area contributed by atoms with Crippen LogP contribution >= 0.6 is 0 Å². The van der Waals surface area contributed by atoms with Crippen molar-refractivity contribution in [1.82, 2.24) is 10.6 Å². The quantitative estimate of drug-likeness (QED) is 0.553. The van der Waals surface area contributed by atoms with E-state index in [0.29, 0.717) is 11.3 Å². The molecule has 0 fully saturated rings. The van der Waals surface area contributed by atoms with Crippen molar-refractivity contribution in [1.29, 1.82) is 0 Å². The first-order valence-electron chi connectivity index (χ1n) is 8.68. The first-order valence-corrected chi connectivity index (χ1v) is 8.68. The fraction of sp³-hybridized carbons (Fsp3) is 0.0952. The molecule has 8 heteroatoms. The second-order valence-electron chi connectivity index (χ2n) is 6.04. The molecule has 148 valence electrons. The SMILES string of the molecule is O=C(N[C@@H](Cc1ccccc1)C(=O)[O-])/C(=C\c1ccco1)NC(=O)c1ccco1. The minimum atomic E-state index is -1.45. The van der Waals surface area contributed by atoms with E-state index in [-0.39, 0.29) is 17.9 Å². The van der Waals surface area contributed by atoms with Crippen molar-refractivity contribution in [3.8, 4) is 0 Å². The van der Waals surface area contributed by atoms with Crippen LogP contribution in [-0.2, 0) is 16.0 Å². The van der Waals surface area contributed by atoms with Gasteiger partial charge in [-0.1, -0.05) is 30.3 Å². The summed E-state index contributed by atoms with van der Waals surface area (Å²) in [4.78, 5) is 36.5. The monoisotopic (exact) mass is 393 g/mol. The minimum absolute atomic E-state index is 0.0103. The Kier molecular flexibility index (Phi) is 6.26. The van der Waals surface area contributed by atoms with E-state index in [2.05, 4.69) is 10.6 Å². The van der Waals surface area contributed by atoms with Crippen LogP contribution in [0.4, 0.5) is 0 Å². The third-order valence-corrected chi connectivity index (χ3v) is 3.94. The number of amides is 2. The molecule has 3 aromatic rings. The zero-order chi connectivity index (χ0) is 20.6. The number of furan rings is 2. The Morgan fingerprint density at radius 2 is 1.69 bits per heavy atom. The first-order chi connectivity index (χ1) is 14.0. The van der Waals surface area contributed by atoms with Crippen molar-refractivity contribution >= 4 is 23.9 Å². The lowest BCUT2D eigenvalue weighted by atomic mass is 10.1. The number of hydrogen-bond donors (Lipinski definition) is 2. The summed E-state index contributed by atoms with van der Waals surface area (Å²) < 4.78 is 10.2. The topological polar surface area (TPSA) is 125 Å². The van der Waals surface area contributed by atoms with Crippen molar-refractivity contribution in [3.63, 3.8) is 0 Å². The highest BCUT2D eigenvalue weighted by Crippen LogP contribution is 2.09. The molecule has 3 rings (SSSR count). The minimum Gasteiger partial charge on any atom is -0.548 e. The van der Waals surface area contributed by atoms with Gasteiger partial charge in [0, 0.05) is 6.08 Å². The molecule has 2 heterocycles. The summed E-state index contributed by atoms with van der Waals surface area (Å²) >= 11 is 0. The number of carboxylic acids is 1. The lowest BCUT2D eigenvalue weighted by Crippen LogP contribution is -2.50. The number of carbonyl (C=O) groups excluding carboxylic acids is 3. The van der Waals surface area contributed by atoms with E-state index >= 15 is 0 Å². The van der Waals surface area contributed by atoms with Gasteiger partial charge in [0.15, 0.2) is 5.76 Å². The van der Waals surface area contributed by atoms with E-state index in [1.165, 1.54) is 30.7 Å². The molecule has 2 aromatic heterocycles. The van der Waals surface area contributed by atoms with Crippen LogP contribution in [0.3, 0.4) is 0 Å². The molecule has 0 spiro atoms. The maximum Gasteiger partial charge on any atom is 0.291 e. The average Bonchev–Trinajstić information content (AvgIpc) is 3.41. The highest BCUT2D eigenvalue weighted by Gasteiger charge is 2.21. The van der Waals surface area contributed by atoms with Crippen molar-refractivity contribution < 1.29 is 28.3 Å². The molecule has 0 aliphatic heterocycles. The summed E-state index contributed by atoms with van der Waals surface area (Å²) in [6.45, 7) is 0. The molecule has 1 atom stereocenters. The number of carboxylic acid groups (broad SMARTS) is 1. The Balaban J connectivity index is 1.79. The number of hydrogen-bond acceptors (Lipinski definition) is 6. The van der Waals surface area contributed by atoms with Gasteiger partial charge in [0.1, 0.15) is 11.5 Å². The number of benzene rings is 1. The predicted molar refractivity (Wildman–Crippen MR) is 99.9 cm³/mol. The third-order valence-electron chi connectivity index (χ3n) is 3.94. The standard InChI is InChI=1S/C21H18N2O6/c24-19(23-17(21(26)27)12-14-6-2-1-3-7-14)16(13-15-8-4-10-28-15)22-20(25)18-9-5-11-29-18/h1-11,13,17H,12H2,(H,22,25)(H,23,24)(H,26,27)/p-1/b16-13+/t17-/m0/s1. The fourth-order valence-corrected chi connectivity index (χ4v) is 2.54. The van der Waals surface area contributed by atoms with Gasteiger partial charge in [0.25, 0.3) is 11.8 Å². The Morgan fingerprint density at radius 1 is 0.966 bits per heavy atom. The lowest BCUT2D eigenvalue weighted by Gasteiger charge is -2.21. The Morgan fingerprint density at radius 3 is 2.31 bits per heavy atom. The van der Waals surface area contributed by atoms with Crippen LogP contribution in [-0.4, -0.2) is 23.8 Å². The first kappa shape index (κ1) is 19.7. The highest BCUT2D eigenvalue weighted by molar-refractivity contribution is 6.05. The summed E-state index contributed by atoms with van der Waals surface area (Å²) in [5.74, 6) is -2.65. The second kappa shape index (κ2) is 9.23. The van der Waals surface area contributed by atoms with Gasteiger partial charge in [0.05, 0.1) is 24.5 Å². The lowest BCUT2D eigenvalue weighted by molar-refractivity contribution is -0.308. The van der Waals surface area contributed by atoms with Crippen LogP contribution < -0.4 is 15.7 Å². The van der Waals surface area contributed by atoms with E-state index in [0.717, 1.165) is 0 Å². The van der Waals surface area contributed by atoms with E-state index in [1.807, 2.05) is 0 Å². The summed E-state index contributed by atoms with van der Waals surface area (Å²) in [5.41, 5.74) is 0.499. The van der Waals surface area contributed by atoms with Crippen molar-refractivity contribution in [2.75, 3.05) is 0 Å². The molecule has 8 nitrogen and oxygen atoms in total. The van der Waals surface area contributed by atoms with Crippen LogP contribution in [0.15, 0.2) is 81.7 Å². The van der Waals surface area contributed by atoms with Crippen LogP contribution in [0, 0.1) is 0 Å². The summed E-state index contributed by atoms with van der Waals surface area (Å²) in [6, 6.07) is 13.6. The van der Waals surface area contributed by atoms with Gasteiger partial charge in [-0.05, 0) is 36.2 Å². The largest absolute Gasteiger partial charge is 0.548 e. The number of carbonyl (C=O) groups is 3. The van der Waals surface area contributed by atoms with Crippen LogP contribution in [0.25, 0.3) is 6.08 Å². The van der Waals surface area contributed by atoms with Gasteiger partial charge >= 0.3 is 0 Å². The van der Waals surface area contributed by atoms with Gasteiger partial charge in [-0.2, -0.15) is 0 Å². The molecular weight excluding hydrogens is 376 g/mol. The average molecular weight is 393 g/mol. The molecule has 1 aromatic carbocycles. The molecule has 0 saturated heterocycles. The van der Waals surface area contributed by atoms with Crippen molar-refractivity contribution in [2.24, 2.45) is 0 Å². The van der Waals surface area contributed by atoms with E-state index in [4.69, 9.17) is 8.83 Å². The number of rotatable bonds is 8. The van der Waals surface area contributed by atoms with Crippen LogP contribution in [0.2, 0.25) is 0 Å². The summed E-state index contributed by atoms with van der Waals surface area (Å²) in [6.07, 6.45) is 4.02. The molecule has 0 aliphatic rings. The van der Waals surface area contributed by atoms with Crippen LogP contribution in [0.1, 0.15) is 21.9 Å². The van der Waals surface area contributed by atoms with Gasteiger partial charge in [0.2, 0.25) is 0 Å². The Hall–Kier alpha value is -4.07. The summed E-state index contributed by atoms with van der Waals surface area (Å²) in [5, 5.41) is 16.3. The van der Waals surface area contributed by atoms with E-state index in [1.54, 1.807) is 42.5 Å². The Bertz CT molecular complexity index is 991. The van der Waals surface area contributed by atoms with Gasteiger partial charge in [-0.15, -0.1) is 0 Å². The smallest absolute Gasteiger partial charge is 0.291 e.